The lowest BCUT2D eigenvalue weighted by Crippen LogP contribution is -2.00. The molecular formula is C10H15NOS. The first-order chi connectivity index (χ1) is 6.18. The summed E-state index contributed by atoms with van der Waals surface area (Å²) in [6.45, 7) is 1.81. The van der Waals surface area contributed by atoms with Crippen molar-refractivity contribution in [1.82, 2.24) is 0 Å². The summed E-state index contributed by atoms with van der Waals surface area (Å²) in [7, 11) is 0. The molecule has 1 atom stereocenters. The summed E-state index contributed by atoms with van der Waals surface area (Å²) < 4.78 is 0. The minimum Gasteiger partial charge on any atom is -0.399 e. The van der Waals surface area contributed by atoms with E-state index in [0.717, 1.165) is 17.9 Å². The summed E-state index contributed by atoms with van der Waals surface area (Å²) in [5.41, 5.74) is 6.35. The summed E-state index contributed by atoms with van der Waals surface area (Å²) in [6, 6.07) is 7.79. The Balaban J connectivity index is 2.33. The van der Waals surface area contributed by atoms with Crippen LogP contribution in [0.3, 0.4) is 0 Å². The molecule has 0 spiro atoms. The van der Waals surface area contributed by atoms with Crippen molar-refractivity contribution in [1.29, 1.82) is 0 Å². The first kappa shape index (κ1) is 10.4. The third kappa shape index (κ3) is 4.20. The third-order valence-corrected chi connectivity index (χ3v) is 2.73. The second kappa shape index (κ2) is 5.14. The van der Waals surface area contributed by atoms with Gasteiger partial charge < -0.3 is 10.8 Å². The number of hydrogen-bond acceptors (Lipinski definition) is 3. The van der Waals surface area contributed by atoms with E-state index < -0.39 is 0 Å². The van der Waals surface area contributed by atoms with Crippen LogP contribution in [0.4, 0.5) is 5.69 Å². The van der Waals surface area contributed by atoms with Gasteiger partial charge in [0.05, 0.1) is 6.10 Å². The Morgan fingerprint density at radius 2 is 2.00 bits per heavy atom. The van der Waals surface area contributed by atoms with Gasteiger partial charge in [0.1, 0.15) is 0 Å². The molecule has 0 bridgehead atoms. The van der Waals surface area contributed by atoms with Crippen LogP contribution in [0, 0.1) is 0 Å². The molecule has 3 heteroatoms. The van der Waals surface area contributed by atoms with E-state index in [0.29, 0.717) is 0 Å². The molecule has 13 heavy (non-hydrogen) atoms. The molecule has 1 unspecified atom stereocenters. The number of nitrogens with two attached hydrogens (primary N) is 1. The van der Waals surface area contributed by atoms with Gasteiger partial charge >= 0.3 is 0 Å². The van der Waals surface area contributed by atoms with E-state index in [-0.39, 0.29) is 6.10 Å². The molecular weight excluding hydrogens is 182 g/mol. The Morgan fingerprint density at radius 3 is 2.54 bits per heavy atom. The van der Waals surface area contributed by atoms with Gasteiger partial charge in [0.15, 0.2) is 0 Å². The van der Waals surface area contributed by atoms with Gasteiger partial charge in [-0.05, 0) is 37.6 Å². The highest BCUT2D eigenvalue weighted by atomic mass is 32.2. The van der Waals surface area contributed by atoms with Crippen molar-refractivity contribution in [3.8, 4) is 0 Å². The summed E-state index contributed by atoms with van der Waals surface area (Å²) in [6.07, 6.45) is 0.621. The fourth-order valence-corrected chi connectivity index (χ4v) is 1.93. The molecule has 1 rings (SSSR count). The number of aliphatic hydroxyl groups excluding tert-OH is 1. The van der Waals surface area contributed by atoms with Gasteiger partial charge in [-0.25, -0.2) is 0 Å². The maximum Gasteiger partial charge on any atom is 0.0520 e. The fraction of sp³-hybridized carbons (Fsp3) is 0.400. The summed E-state index contributed by atoms with van der Waals surface area (Å²) in [5, 5.41) is 9.04. The standard InChI is InChI=1S/C10H15NOS/c1-8(12)6-7-13-10-4-2-9(11)3-5-10/h2-5,8,12H,6-7,11H2,1H3. The van der Waals surface area contributed by atoms with Crippen molar-refractivity contribution in [2.75, 3.05) is 11.5 Å². The zero-order valence-corrected chi connectivity index (χ0v) is 8.55. The molecule has 2 nitrogen and oxygen atoms in total. The quantitative estimate of drug-likeness (QED) is 0.574. The van der Waals surface area contributed by atoms with Crippen LogP contribution in [-0.2, 0) is 0 Å². The first-order valence-corrected chi connectivity index (χ1v) is 5.33. The Morgan fingerprint density at radius 1 is 1.38 bits per heavy atom. The average Bonchev–Trinajstić information content (AvgIpc) is 2.08. The summed E-state index contributed by atoms with van der Waals surface area (Å²) in [5.74, 6) is 0.946. The number of hydrogen-bond donors (Lipinski definition) is 2. The highest BCUT2D eigenvalue weighted by Crippen LogP contribution is 2.20. The lowest BCUT2D eigenvalue weighted by molar-refractivity contribution is 0.192. The van der Waals surface area contributed by atoms with Gasteiger partial charge in [-0.2, -0.15) is 0 Å². The van der Waals surface area contributed by atoms with Crippen LogP contribution in [0.2, 0.25) is 0 Å². The minimum absolute atomic E-state index is 0.207. The lowest BCUT2D eigenvalue weighted by Gasteiger charge is -2.03. The molecule has 0 aliphatic rings. The van der Waals surface area contributed by atoms with Crippen LogP contribution in [0.1, 0.15) is 13.3 Å². The van der Waals surface area contributed by atoms with Gasteiger partial charge in [-0.15, -0.1) is 11.8 Å². The highest BCUT2D eigenvalue weighted by molar-refractivity contribution is 7.99. The molecule has 0 saturated carbocycles. The molecule has 0 aliphatic carbocycles. The van der Waals surface area contributed by atoms with E-state index in [1.165, 1.54) is 4.90 Å². The van der Waals surface area contributed by atoms with Gasteiger partial charge in [0.25, 0.3) is 0 Å². The monoisotopic (exact) mass is 197 g/mol. The smallest absolute Gasteiger partial charge is 0.0520 e. The van der Waals surface area contributed by atoms with E-state index in [4.69, 9.17) is 10.8 Å². The summed E-state index contributed by atoms with van der Waals surface area (Å²) >= 11 is 1.74. The molecule has 1 aromatic rings. The zero-order valence-electron chi connectivity index (χ0n) is 7.73. The number of rotatable bonds is 4. The largest absolute Gasteiger partial charge is 0.399 e. The van der Waals surface area contributed by atoms with E-state index >= 15 is 0 Å². The fourth-order valence-electron chi connectivity index (χ4n) is 0.911. The molecule has 72 valence electrons. The number of aliphatic hydroxyl groups is 1. The van der Waals surface area contributed by atoms with Crippen LogP contribution >= 0.6 is 11.8 Å². The Kier molecular flexibility index (Phi) is 4.12. The maximum absolute atomic E-state index is 9.04. The molecule has 0 amide bonds. The van der Waals surface area contributed by atoms with Crippen molar-refractivity contribution < 1.29 is 5.11 Å². The van der Waals surface area contributed by atoms with E-state index in [9.17, 15) is 0 Å². The Hall–Kier alpha value is -0.670. The van der Waals surface area contributed by atoms with E-state index in [2.05, 4.69) is 0 Å². The van der Waals surface area contributed by atoms with Crippen LogP contribution < -0.4 is 5.73 Å². The van der Waals surface area contributed by atoms with Crippen molar-refractivity contribution >= 4 is 17.4 Å². The van der Waals surface area contributed by atoms with Crippen LogP contribution in [0.25, 0.3) is 0 Å². The number of anilines is 1. The number of benzene rings is 1. The normalized spacial score (nSPS) is 12.8. The van der Waals surface area contributed by atoms with Crippen LogP contribution in [-0.4, -0.2) is 17.0 Å². The molecule has 0 fully saturated rings. The lowest BCUT2D eigenvalue weighted by atomic mass is 10.3. The van der Waals surface area contributed by atoms with Crippen molar-refractivity contribution in [3.05, 3.63) is 24.3 Å². The maximum atomic E-state index is 9.04. The Bertz CT molecular complexity index is 246. The van der Waals surface area contributed by atoms with Gasteiger partial charge in [-0.1, -0.05) is 0 Å². The van der Waals surface area contributed by atoms with Crippen LogP contribution in [0.15, 0.2) is 29.2 Å². The van der Waals surface area contributed by atoms with Crippen molar-refractivity contribution in [3.63, 3.8) is 0 Å². The summed E-state index contributed by atoms with van der Waals surface area (Å²) in [4.78, 5) is 1.20. The van der Waals surface area contributed by atoms with Crippen molar-refractivity contribution in [2.24, 2.45) is 0 Å². The molecule has 0 aromatic heterocycles. The van der Waals surface area contributed by atoms with Gasteiger partial charge in [0.2, 0.25) is 0 Å². The first-order valence-electron chi connectivity index (χ1n) is 4.35. The number of thioether (sulfide) groups is 1. The van der Waals surface area contributed by atoms with Crippen LogP contribution in [0.5, 0.6) is 0 Å². The molecule has 0 saturated heterocycles. The predicted octanol–water partition coefficient (Wildman–Crippen LogP) is 2.13. The molecule has 0 radical (unpaired) electrons. The van der Waals surface area contributed by atoms with Crippen molar-refractivity contribution in [2.45, 2.75) is 24.3 Å². The third-order valence-electron chi connectivity index (χ3n) is 1.68. The minimum atomic E-state index is -0.207. The number of nitrogen functional groups attached to an aromatic ring is 1. The van der Waals surface area contributed by atoms with E-state index in [1.54, 1.807) is 11.8 Å². The molecule has 1 aromatic carbocycles. The van der Waals surface area contributed by atoms with Gasteiger partial charge in [-0.3, -0.25) is 0 Å². The zero-order chi connectivity index (χ0) is 9.68. The average molecular weight is 197 g/mol. The highest BCUT2D eigenvalue weighted by Gasteiger charge is 1.97. The molecule has 0 aliphatic heterocycles. The topological polar surface area (TPSA) is 46.2 Å². The molecule has 3 N–H and O–H groups in total. The second-order valence-electron chi connectivity index (χ2n) is 3.06. The van der Waals surface area contributed by atoms with E-state index in [1.807, 2.05) is 31.2 Å². The Labute approximate surface area is 83.1 Å². The SMILES string of the molecule is CC(O)CCSc1ccc(N)cc1. The predicted molar refractivity (Wildman–Crippen MR) is 57.9 cm³/mol. The molecule has 0 heterocycles. The second-order valence-corrected chi connectivity index (χ2v) is 4.22. The van der Waals surface area contributed by atoms with Gasteiger partial charge in [0, 0.05) is 16.3 Å².